The van der Waals surface area contributed by atoms with Crippen LogP contribution in [-0.2, 0) is 16.6 Å². The van der Waals surface area contributed by atoms with Crippen LogP contribution in [0.2, 0.25) is 0 Å². The number of hydrogen-bond acceptors (Lipinski definition) is 4. The normalized spacial score (nSPS) is 20.0. The fraction of sp³-hybridized carbons (Fsp3) is 0.571. The summed E-state index contributed by atoms with van der Waals surface area (Å²) in [4.78, 5) is 1.85. The molecule has 1 aromatic rings. The molecule has 1 aliphatic rings. The van der Waals surface area contributed by atoms with E-state index in [-0.39, 0.29) is 12.5 Å². The highest BCUT2D eigenvalue weighted by molar-refractivity contribution is 7.89. The smallest absolute Gasteiger partial charge is 0.243 e. The van der Waals surface area contributed by atoms with E-state index in [0.717, 1.165) is 32.1 Å². The summed E-state index contributed by atoms with van der Waals surface area (Å²) >= 11 is 0. The van der Waals surface area contributed by atoms with Crippen LogP contribution in [-0.4, -0.2) is 44.6 Å². The third-order valence-corrected chi connectivity index (χ3v) is 5.29. The van der Waals surface area contributed by atoms with Gasteiger partial charge in [-0.05, 0) is 43.1 Å². The number of nitrogens with zero attached hydrogens (tertiary/aromatic N) is 1. The summed E-state index contributed by atoms with van der Waals surface area (Å²) in [5.74, 6) is -0.551. The Balaban J connectivity index is 2.05. The Labute approximate surface area is 124 Å². The second kappa shape index (κ2) is 6.83. The van der Waals surface area contributed by atoms with Gasteiger partial charge in [0.1, 0.15) is 10.7 Å². The average Bonchev–Trinajstić information content (AvgIpc) is 2.94. The van der Waals surface area contributed by atoms with E-state index in [1.165, 1.54) is 12.1 Å². The fourth-order valence-corrected chi connectivity index (χ4v) is 3.77. The zero-order valence-electron chi connectivity index (χ0n) is 12.0. The van der Waals surface area contributed by atoms with Crippen LogP contribution < -0.4 is 4.72 Å². The number of aliphatic hydroxyl groups is 1. The molecule has 1 saturated heterocycles. The first kappa shape index (κ1) is 16.4. The third-order valence-electron chi connectivity index (χ3n) is 3.85. The predicted octanol–water partition coefficient (Wildman–Crippen LogP) is 0.938. The van der Waals surface area contributed by atoms with Crippen molar-refractivity contribution in [3.63, 3.8) is 0 Å². The Morgan fingerprint density at radius 3 is 2.86 bits per heavy atom. The number of likely N-dealkylation sites (tertiary alicyclic amines) is 1. The number of nitrogens with one attached hydrogen (secondary N) is 1. The number of sulfonamides is 1. The fourth-order valence-electron chi connectivity index (χ4n) is 2.52. The quantitative estimate of drug-likeness (QED) is 0.819. The molecule has 0 aromatic heterocycles. The minimum Gasteiger partial charge on any atom is -0.392 e. The van der Waals surface area contributed by atoms with Gasteiger partial charge in [-0.25, -0.2) is 17.5 Å². The van der Waals surface area contributed by atoms with Crippen LogP contribution in [0.25, 0.3) is 0 Å². The first-order valence-electron chi connectivity index (χ1n) is 7.07. The summed E-state index contributed by atoms with van der Waals surface area (Å²) in [7, 11) is -3.89. The van der Waals surface area contributed by atoms with Gasteiger partial charge in [0.15, 0.2) is 0 Å². The molecule has 2 N–H and O–H groups in total. The molecule has 1 aromatic carbocycles. The maximum Gasteiger partial charge on any atom is 0.243 e. The minimum absolute atomic E-state index is 0.254. The number of benzene rings is 1. The zero-order valence-corrected chi connectivity index (χ0v) is 12.9. The van der Waals surface area contributed by atoms with Gasteiger partial charge in [0.25, 0.3) is 0 Å². The van der Waals surface area contributed by atoms with E-state index in [9.17, 15) is 12.8 Å². The van der Waals surface area contributed by atoms with Crippen LogP contribution >= 0.6 is 0 Å². The van der Waals surface area contributed by atoms with Crippen LogP contribution in [0.5, 0.6) is 0 Å². The van der Waals surface area contributed by atoms with Crippen molar-refractivity contribution in [2.45, 2.75) is 24.8 Å². The summed E-state index contributed by atoms with van der Waals surface area (Å²) in [5.41, 5.74) is 0.370. The average molecular weight is 316 g/mol. The molecule has 1 unspecified atom stereocenters. The van der Waals surface area contributed by atoms with Gasteiger partial charge in [-0.15, -0.1) is 0 Å². The Bertz CT molecular complexity index is 592. The van der Waals surface area contributed by atoms with Gasteiger partial charge in [0.2, 0.25) is 10.0 Å². The predicted molar refractivity (Wildman–Crippen MR) is 77.7 cm³/mol. The van der Waals surface area contributed by atoms with Crippen molar-refractivity contribution in [3.05, 3.63) is 29.6 Å². The second-order valence-corrected chi connectivity index (χ2v) is 7.06. The van der Waals surface area contributed by atoms with Crippen LogP contribution in [0.3, 0.4) is 0 Å². The molecule has 0 aliphatic carbocycles. The number of aliphatic hydroxyl groups excluding tert-OH is 1. The summed E-state index contributed by atoms with van der Waals surface area (Å²) in [6.07, 6.45) is 0.940. The number of rotatable bonds is 6. The largest absolute Gasteiger partial charge is 0.392 e. The van der Waals surface area contributed by atoms with Crippen molar-refractivity contribution in [1.29, 1.82) is 0 Å². The van der Waals surface area contributed by atoms with Crippen molar-refractivity contribution in [2.75, 3.05) is 26.2 Å². The molecule has 0 amide bonds. The van der Waals surface area contributed by atoms with E-state index < -0.39 is 20.7 Å². The maximum atomic E-state index is 13.7. The van der Waals surface area contributed by atoms with Gasteiger partial charge in [0, 0.05) is 13.1 Å². The molecule has 1 heterocycles. The van der Waals surface area contributed by atoms with E-state index in [1.807, 2.05) is 0 Å². The van der Waals surface area contributed by atoms with Crippen molar-refractivity contribution < 1.29 is 17.9 Å². The van der Waals surface area contributed by atoms with E-state index in [2.05, 4.69) is 16.5 Å². The molecule has 0 radical (unpaired) electrons. The molecule has 0 spiro atoms. The molecular formula is C14H21FN2O3S. The summed E-state index contributed by atoms with van der Waals surface area (Å²) in [5, 5.41) is 9.03. The highest BCUT2D eigenvalue weighted by atomic mass is 32.2. The van der Waals surface area contributed by atoms with Crippen LogP contribution in [0, 0.1) is 11.7 Å². The highest BCUT2D eigenvalue weighted by Gasteiger charge is 2.25. The van der Waals surface area contributed by atoms with Crippen molar-refractivity contribution in [3.8, 4) is 0 Å². The van der Waals surface area contributed by atoms with Crippen molar-refractivity contribution in [2.24, 2.45) is 5.92 Å². The molecule has 5 nitrogen and oxygen atoms in total. The SMILES string of the molecule is CCN1CCC(CNS(=O)(=O)c2cc(CO)ccc2F)C1. The Hall–Kier alpha value is -1.02. The van der Waals surface area contributed by atoms with Gasteiger partial charge in [-0.1, -0.05) is 13.0 Å². The van der Waals surface area contributed by atoms with E-state index in [1.54, 1.807) is 0 Å². The standard InChI is InChI=1S/C14H21FN2O3S/c1-2-17-6-5-12(9-17)8-16-21(19,20)14-7-11(10-18)3-4-13(14)15/h3-4,7,12,16,18H,2,5-6,8-10H2,1H3. The summed E-state index contributed by atoms with van der Waals surface area (Å²) in [6, 6.07) is 3.60. The lowest BCUT2D eigenvalue weighted by Crippen LogP contribution is -2.31. The van der Waals surface area contributed by atoms with Gasteiger partial charge in [0.05, 0.1) is 6.61 Å². The molecule has 0 bridgehead atoms. The maximum absolute atomic E-state index is 13.7. The zero-order chi connectivity index (χ0) is 15.5. The molecule has 21 heavy (non-hydrogen) atoms. The van der Waals surface area contributed by atoms with Gasteiger partial charge in [-0.2, -0.15) is 0 Å². The Kier molecular flexibility index (Phi) is 5.32. The Morgan fingerprint density at radius 2 is 2.24 bits per heavy atom. The monoisotopic (exact) mass is 316 g/mol. The lowest BCUT2D eigenvalue weighted by Gasteiger charge is -2.14. The van der Waals surface area contributed by atoms with Crippen molar-refractivity contribution >= 4 is 10.0 Å². The third kappa shape index (κ3) is 4.00. The topological polar surface area (TPSA) is 69.6 Å². The van der Waals surface area contributed by atoms with Gasteiger partial charge in [-0.3, -0.25) is 0 Å². The first-order valence-corrected chi connectivity index (χ1v) is 8.56. The molecule has 1 aliphatic heterocycles. The van der Waals surface area contributed by atoms with Gasteiger partial charge < -0.3 is 10.0 Å². The molecule has 118 valence electrons. The highest BCUT2D eigenvalue weighted by Crippen LogP contribution is 2.19. The lowest BCUT2D eigenvalue weighted by atomic mass is 10.1. The number of hydrogen-bond donors (Lipinski definition) is 2. The Morgan fingerprint density at radius 1 is 1.48 bits per heavy atom. The van der Waals surface area contributed by atoms with E-state index >= 15 is 0 Å². The molecule has 7 heteroatoms. The summed E-state index contributed by atoms with van der Waals surface area (Å²) in [6.45, 7) is 4.84. The lowest BCUT2D eigenvalue weighted by molar-refractivity contribution is 0.281. The second-order valence-electron chi connectivity index (χ2n) is 5.32. The molecular weight excluding hydrogens is 295 g/mol. The van der Waals surface area contributed by atoms with Crippen LogP contribution in [0.1, 0.15) is 18.9 Å². The summed E-state index contributed by atoms with van der Waals surface area (Å²) < 4.78 is 40.6. The van der Waals surface area contributed by atoms with Crippen LogP contribution in [0.15, 0.2) is 23.1 Å². The first-order chi connectivity index (χ1) is 9.96. The van der Waals surface area contributed by atoms with Crippen LogP contribution in [0.4, 0.5) is 4.39 Å². The van der Waals surface area contributed by atoms with E-state index in [0.29, 0.717) is 12.1 Å². The minimum atomic E-state index is -3.89. The van der Waals surface area contributed by atoms with E-state index in [4.69, 9.17) is 5.11 Å². The number of halogens is 1. The molecule has 2 rings (SSSR count). The molecule has 1 fully saturated rings. The van der Waals surface area contributed by atoms with Crippen molar-refractivity contribution in [1.82, 2.24) is 9.62 Å². The molecule has 1 atom stereocenters. The van der Waals surface area contributed by atoms with Gasteiger partial charge >= 0.3 is 0 Å². The molecule has 0 saturated carbocycles.